The monoisotopic (exact) mass is 350 g/mol. The minimum atomic E-state index is -4.04. The summed E-state index contributed by atoms with van der Waals surface area (Å²) in [5.74, 6) is -0.939. The van der Waals surface area contributed by atoms with Crippen molar-refractivity contribution >= 4 is 37.5 Å². The van der Waals surface area contributed by atoms with Crippen LogP contribution in [0.15, 0.2) is 64.8 Å². The number of halogens is 1. The average Bonchev–Trinajstić information content (AvgIpc) is 2.83. The quantitative estimate of drug-likeness (QED) is 0.784. The second-order valence-electron chi connectivity index (χ2n) is 4.33. The highest BCUT2D eigenvalue weighted by Crippen LogP contribution is 2.26. The Morgan fingerprint density at radius 1 is 1.00 bits per heavy atom. The molecular weight excluding hydrogens is 340 g/mol. The number of hydrogen-bond donors (Lipinski definition) is 1. The third kappa shape index (κ3) is 4.24. The Hall–Kier alpha value is -2.51. The zero-order valence-corrected chi connectivity index (χ0v) is 13.2. The van der Waals surface area contributed by atoms with E-state index in [1.807, 2.05) is 18.2 Å². The summed E-state index contributed by atoms with van der Waals surface area (Å²) in [6.45, 7) is 0. The highest BCUT2D eigenvalue weighted by atomic mass is 35.7. The van der Waals surface area contributed by atoms with Crippen molar-refractivity contribution in [3.05, 3.63) is 65.9 Å². The number of hydrazone groups is 1. The lowest BCUT2D eigenvalue weighted by atomic mass is 9.95. The van der Waals surface area contributed by atoms with E-state index in [1.54, 1.807) is 12.4 Å². The van der Waals surface area contributed by atoms with Crippen LogP contribution in [-0.4, -0.2) is 26.2 Å². The van der Waals surface area contributed by atoms with Gasteiger partial charge in [-0.25, -0.2) is 8.42 Å². The molecule has 1 aromatic carbocycles. The van der Waals surface area contributed by atoms with Crippen molar-refractivity contribution in [1.29, 1.82) is 0 Å². The molecule has 1 N–H and O–H groups in total. The molecule has 1 heterocycles. The number of fused-ring (bicyclic) bond motifs is 1. The van der Waals surface area contributed by atoms with Gasteiger partial charge < -0.3 is 0 Å². The molecule has 0 saturated heterocycles. The van der Waals surface area contributed by atoms with Crippen LogP contribution in [0.3, 0.4) is 0 Å². The molecule has 0 saturated carbocycles. The first kappa shape index (κ1) is 16.9. The predicted molar refractivity (Wildman–Crippen MR) is 87.2 cm³/mol. The van der Waals surface area contributed by atoms with Gasteiger partial charge in [0.1, 0.15) is 0 Å². The SMILES string of the molecule is C1=CC=NNC=C1.O=C1C=CC(=O)c2c1cccc2S(=O)(=O)Cl. The van der Waals surface area contributed by atoms with Crippen molar-refractivity contribution in [1.82, 2.24) is 5.43 Å². The van der Waals surface area contributed by atoms with Crippen LogP contribution in [0.4, 0.5) is 0 Å². The molecule has 0 bridgehead atoms. The van der Waals surface area contributed by atoms with Crippen molar-refractivity contribution < 1.29 is 18.0 Å². The van der Waals surface area contributed by atoms with E-state index in [9.17, 15) is 18.0 Å². The molecule has 6 nitrogen and oxygen atoms in total. The van der Waals surface area contributed by atoms with Crippen molar-refractivity contribution in [3.63, 3.8) is 0 Å². The number of ketones is 2. The Labute approximate surface area is 137 Å². The Morgan fingerprint density at radius 2 is 1.74 bits per heavy atom. The molecular formula is C15H11ClN2O4S. The fourth-order valence-electron chi connectivity index (χ4n) is 1.86. The number of nitrogens with zero attached hydrogens (tertiary/aromatic N) is 1. The van der Waals surface area contributed by atoms with Crippen LogP contribution >= 0.6 is 10.7 Å². The Balaban J connectivity index is 0.000000229. The third-order valence-corrected chi connectivity index (χ3v) is 4.18. The largest absolute Gasteiger partial charge is 0.289 e. The van der Waals surface area contributed by atoms with E-state index in [0.717, 1.165) is 12.2 Å². The molecule has 0 spiro atoms. The van der Waals surface area contributed by atoms with Gasteiger partial charge in [0.25, 0.3) is 9.05 Å². The van der Waals surface area contributed by atoms with Gasteiger partial charge in [-0.05, 0) is 30.4 Å². The first-order valence-electron chi connectivity index (χ1n) is 6.36. The van der Waals surface area contributed by atoms with Crippen LogP contribution in [0.1, 0.15) is 20.7 Å². The number of rotatable bonds is 1. The number of carbonyl (C=O) groups is 2. The van der Waals surface area contributed by atoms with Crippen molar-refractivity contribution in [2.75, 3.05) is 0 Å². The molecule has 3 rings (SSSR count). The van der Waals surface area contributed by atoms with Gasteiger partial charge in [-0.3, -0.25) is 15.0 Å². The number of benzene rings is 1. The highest BCUT2D eigenvalue weighted by molar-refractivity contribution is 8.13. The molecule has 1 aliphatic carbocycles. The van der Waals surface area contributed by atoms with Crippen LogP contribution < -0.4 is 5.43 Å². The highest BCUT2D eigenvalue weighted by Gasteiger charge is 2.27. The standard InChI is InChI=1S/C10H5ClO4S.C5H6N2/c11-16(14,15)9-3-1-2-6-7(12)4-5-8(13)10(6)9;1-2-4-6-7-5-3-1/h1-5H;1-6H. The number of hydrogen-bond acceptors (Lipinski definition) is 6. The first-order chi connectivity index (χ1) is 10.9. The molecule has 2 aliphatic rings. The molecule has 0 fully saturated rings. The average molecular weight is 351 g/mol. The zero-order valence-electron chi connectivity index (χ0n) is 11.6. The van der Waals surface area contributed by atoms with E-state index in [4.69, 9.17) is 10.7 Å². The summed E-state index contributed by atoms with van der Waals surface area (Å²) in [6.07, 6.45) is 11.2. The first-order valence-corrected chi connectivity index (χ1v) is 8.67. The van der Waals surface area contributed by atoms with Gasteiger partial charge in [-0.1, -0.05) is 18.2 Å². The third-order valence-electron chi connectivity index (χ3n) is 2.81. The van der Waals surface area contributed by atoms with E-state index in [2.05, 4.69) is 10.5 Å². The fourth-order valence-corrected chi connectivity index (χ4v) is 2.94. The smallest absolute Gasteiger partial charge is 0.262 e. The normalized spacial score (nSPS) is 15.3. The molecule has 1 aromatic rings. The fraction of sp³-hybridized carbons (Fsp3) is 0. The van der Waals surface area contributed by atoms with E-state index in [1.165, 1.54) is 18.2 Å². The topological polar surface area (TPSA) is 92.7 Å². The summed E-state index contributed by atoms with van der Waals surface area (Å²) in [4.78, 5) is 22.6. The van der Waals surface area contributed by atoms with Crippen LogP contribution in [0.5, 0.6) is 0 Å². The Bertz CT molecular complexity index is 853. The zero-order chi connectivity index (χ0) is 16.9. The van der Waals surface area contributed by atoms with Gasteiger partial charge in [0, 0.05) is 28.7 Å². The van der Waals surface area contributed by atoms with Crippen molar-refractivity contribution in [2.24, 2.45) is 5.10 Å². The second kappa shape index (κ2) is 7.17. The summed E-state index contributed by atoms with van der Waals surface area (Å²) in [5.41, 5.74) is 2.59. The van der Waals surface area contributed by atoms with Crippen LogP contribution in [-0.2, 0) is 9.05 Å². The predicted octanol–water partition coefficient (Wildman–Crippen LogP) is 2.19. The number of carbonyl (C=O) groups excluding carboxylic acids is 2. The molecule has 23 heavy (non-hydrogen) atoms. The molecule has 0 unspecified atom stereocenters. The summed E-state index contributed by atoms with van der Waals surface area (Å²) in [5, 5.41) is 3.72. The van der Waals surface area contributed by atoms with Gasteiger partial charge >= 0.3 is 0 Å². The van der Waals surface area contributed by atoms with Crippen molar-refractivity contribution in [3.8, 4) is 0 Å². The van der Waals surface area contributed by atoms with E-state index < -0.39 is 20.6 Å². The van der Waals surface area contributed by atoms with Gasteiger partial charge in [0.05, 0.1) is 10.5 Å². The summed E-state index contributed by atoms with van der Waals surface area (Å²) < 4.78 is 22.5. The van der Waals surface area contributed by atoms with Gasteiger partial charge in [0.2, 0.25) is 0 Å². The van der Waals surface area contributed by atoms with Crippen LogP contribution in [0.2, 0.25) is 0 Å². The molecule has 0 atom stereocenters. The number of nitrogens with one attached hydrogen (secondary N) is 1. The molecule has 118 valence electrons. The lowest BCUT2D eigenvalue weighted by Gasteiger charge is -2.11. The maximum Gasteiger partial charge on any atom is 0.262 e. The van der Waals surface area contributed by atoms with Crippen LogP contribution in [0, 0.1) is 0 Å². The minimum absolute atomic E-state index is 0.0641. The second-order valence-corrected chi connectivity index (χ2v) is 6.86. The summed E-state index contributed by atoms with van der Waals surface area (Å²) >= 11 is 0. The molecule has 0 aromatic heterocycles. The van der Waals surface area contributed by atoms with E-state index in [0.29, 0.717) is 0 Å². The van der Waals surface area contributed by atoms with Gasteiger partial charge in [-0.15, -0.1) is 0 Å². The van der Waals surface area contributed by atoms with Gasteiger partial charge in [0.15, 0.2) is 11.6 Å². The van der Waals surface area contributed by atoms with Crippen molar-refractivity contribution in [2.45, 2.75) is 4.90 Å². The molecule has 0 radical (unpaired) electrons. The maximum absolute atomic E-state index is 11.5. The van der Waals surface area contributed by atoms with Gasteiger partial charge in [-0.2, -0.15) is 5.10 Å². The van der Waals surface area contributed by atoms with E-state index in [-0.39, 0.29) is 16.0 Å². The Kier molecular flexibility index (Phi) is 5.25. The van der Waals surface area contributed by atoms with E-state index >= 15 is 0 Å². The summed E-state index contributed by atoms with van der Waals surface area (Å²) in [6, 6.07) is 3.97. The summed E-state index contributed by atoms with van der Waals surface area (Å²) in [7, 11) is 1.16. The van der Waals surface area contributed by atoms with Crippen LogP contribution in [0.25, 0.3) is 0 Å². The Morgan fingerprint density at radius 3 is 2.48 bits per heavy atom. The molecule has 0 amide bonds. The number of allylic oxidation sites excluding steroid dienone is 5. The lowest BCUT2D eigenvalue weighted by molar-refractivity contribution is 0.0992. The molecule has 1 aliphatic heterocycles. The maximum atomic E-state index is 11.5. The minimum Gasteiger partial charge on any atom is -0.289 e. The molecule has 8 heteroatoms. The lowest BCUT2D eigenvalue weighted by Crippen LogP contribution is -2.15.